The first-order valence-electron chi connectivity index (χ1n) is 11.1. The number of para-hydroxylation sites is 1. The Balaban J connectivity index is 1.51. The molecule has 1 aliphatic heterocycles. The number of carbonyl (C=O) groups excluding carboxylic acids is 3. The summed E-state index contributed by atoms with van der Waals surface area (Å²) in [5, 5.41) is 9.44. The van der Waals surface area contributed by atoms with Crippen LogP contribution in [-0.4, -0.2) is 56.4 Å². The Labute approximate surface area is 208 Å². The molecule has 11 heteroatoms. The van der Waals surface area contributed by atoms with Crippen LogP contribution in [0.3, 0.4) is 0 Å². The maximum Gasteiger partial charge on any atom is 0.329 e. The molecular weight excluding hydrogens is 476 g/mol. The van der Waals surface area contributed by atoms with Crippen LogP contribution in [0.25, 0.3) is 0 Å². The monoisotopic (exact) mass is 502 g/mol. The number of ether oxygens (including phenoxy) is 3. The van der Waals surface area contributed by atoms with E-state index in [9.17, 15) is 14.4 Å². The topological polar surface area (TPSA) is 127 Å². The van der Waals surface area contributed by atoms with E-state index in [1.54, 1.807) is 42.5 Å². The van der Waals surface area contributed by atoms with Gasteiger partial charge in [-0.05, 0) is 55.7 Å². The van der Waals surface area contributed by atoms with Crippen LogP contribution in [-0.2, 0) is 19.1 Å². The van der Waals surface area contributed by atoms with Crippen molar-refractivity contribution < 1.29 is 28.6 Å². The standard InChI is InChI=1S/C24H27ClN4O6/c1-2-33-21-12-16(13-27-29-24(32)23(31)26-14-17-6-5-11-34-17)9-10-20(21)35-15-22(30)28-19-8-4-3-7-18(19)25/h3-4,7-10,12-13,17H,2,5-6,11,14-15H2,1H3,(H,26,31)(H,28,30)(H,29,32)/b27-13-/t17-/m1/s1. The van der Waals surface area contributed by atoms with Crippen LogP contribution < -0.4 is 25.5 Å². The molecule has 0 aromatic heterocycles. The molecule has 2 aromatic rings. The van der Waals surface area contributed by atoms with Crippen molar-refractivity contribution in [1.29, 1.82) is 0 Å². The van der Waals surface area contributed by atoms with Gasteiger partial charge in [0.15, 0.2) is 18.1 Å². The predicted molar refractivity (Wildman–Crippen MR) is 131 cm³/mol. The number of carbonyl (C=O) groups is 3. The van der Waals surface area contributed by atoms with Gasteiger partial charge in [-0.25, -0.2) is 5.43 Å². The van der Waals surface area contributed by atoms with Crippen molar-refractivity contribution in [2.75, 3.05) is 31.7 Å². The molecule has 35 heavy (non-hydrogen) atoms. The Hall–Kier alpha value is -3.63. The largest absolute Gasteiger partial charge is 0.490 e. The molecule has 1 heterocycles. The molecular formula is C24H27ClN4O6. The second-order valence-corrected chi connectivity index (χ2v) is 7.91. The van der Waals surface area contributed by atoms with Gasteiger partial charge in [0.25, 0.3) is 5.91 Å². The van der Waals surface area contributed by atoms with Crippen molar-refractivity contribution in [3.8, 4) is 11.5 Å². The minimum atomic E-state index is -0.881. The van der Waals surface area contributed by atoms with Crippen LogP contribution in [0, 0.1) is 0 Å². The van der Waals surface area contributed by atoms with Gasteiger partial charge in [-0.2, -0.15) is 5.10 Å². The van der Waals surface area contributed by atoms with Crippen LogP contribution >= 0.6 is 11.6 Å². The van der Waals surface area contributed by atoms with E-state index in [2.05, 4.69) is 21.2 Å². The lowest BCUT2D eigenvalue weighted by Gasteiger charge is -2.13. The predicted octanol–water partition coefficient (Wildman–Crippen LogP) is 2.50. The van der Waals surface area contributed by atoms with Gasteiger partial charge in [0.1, 0.15) is 0 Å². The minimum Gasteiger partial charge on any atom is -0.490 e. The Kier molecular flexibility index (Phi) is 9.88. The molecule has 3 rings (SSSR count). The average Bonchev–Trinajstić information content (AvgIpc) is 3.37. The average molecular weight is 503 g/mol. The first-order chi connectivity index (χ1) is 17.0. The zero-order valence-corrected chi connectivity index (χ0v) is 20.0. The SMILES string of the molecule is CCOc1cc(/C=N\NC(=O)C(=O)NC[C@H]2CCCO2)ccc1OCC(=O)Nc1ccccc1Cl. The molecule has 1 aliphatic rings. The van der Waals surface area contributed by atoms with E-state index in [1.165, 1.54) is 6.21 Å². The molecule has 1 atom stereocenters. The van der Waals surface area contributed by atoms with Gasteiger partial charge in [-0.1, -0.05) is 23.7 Å². The smallest absolute Gasteiger partial charge is 0.329 e. The second kappa shape index (κ2) is 13.3. The molecule has 3 amide bonds. The number of nitrogens with one attached hydrogen (secondary N) is 3. The molecule has 0 saturated carbocycles. The molecule has 0 unspecified atom stereocenters. The third kappa shape index (κ3) is 8.27. The lowest BCUT2D eigenvalue weighted by molar-refractivity contribution is -0.139. The number of rotatable bonds is 10. The van der Waals surface area contributed by atoms with E-state index in [-0.39, 0.29) is 25.2 Å². The molecule has 0 spiro atoms. The van der Waals surface area contributed by atoms with E-state index in [1.807, 2.05) is 6.92 Å². The van der Waals surface area contributed by atoms with Crippen molar-refractivity contribution in [2.24, 2.45) is 5.10 Å². The third-order valence-electron chi connectivity index (χ3n) is 4.87. The quantitative estimate of drug-likeness (QED) is 0.260. The summed E-state index contributed by atoms with van der Waals surface area (Å²) in [6, 6.07) is 11.8. The fraction of sp³-hybridized carbons (Fsp3) is 0.333. The summed E-state index contributed by atoms with van der Waals surface area (Å²) in [7, 11) is 0. The highest BCUT2D eigenvalue weighted by molar-refractivity contribution is 6.35. The van der Waals surface area contributed by atoms with Gasteiger partial charge in [0, 0.05) is 13.2 Å². The number of nitrogens with zero attached hydrogens (tertiary/aromatic N) is 1. The molecule has 0 aliphatic carbocycles. The molecule has 1 fully saturated rings. The minimum absolute atomic E-state index is 0.0600. The van der Waals surface area contributed by atoms with Crippen molar-refractivity contribution in [3.63, 3.8) is 0 Å². The van der Waals surface area contributed by atoms with E-state index >= 15 is 0 Å². The van der Waals surface area contributed by atoms with Gasteiger partial charge >= 0.3 is 11.8 Å². The lowest BCUT2D eigenvalue weighted by atomic mass is 10.2. The van der Waals surface area contributed by atoms with E-state index < -0.39 is 11.8 Å². The fourth-order valence-electron chi connectivity index (χ4n) is 3.19. The van der Waals surface area contributed by atoms with Crippen LogP contribution in [0.4, 0.5) is 5.69 Å². The van der Waals surface area contributed by atoms with Gasteiger partial charge in [0.05, 0.1) is 29.6 Å². The van der Waals surface area contributed by atoms with Crippen LogP contribution in [0.5, 0.6) is 11.5 Å². The summed E-state index contributed by atoms with van der Waals surface area (Å²) in [5.74, 6) is -1.30. The summed E-state index contributed by atoms with van der Waals surface area (Å²) in [5.41, 5.74) is 3.25. The van der Waals surface area contributed by atoms with Crippen molar-refractivity contribution in [1.82, 2.24) is 10.7 Å². The second-order valence-electron chi connectivity index (χ2n) is 7.50. The van der Waals surface area contributed by atoms with Crippen LogP contribution in [0.2, 0.25) is 5.02 Å². The van der Waals surface area contributed by atoms with Crippen molar-refractivity contribution in [3.05, 3.63) is 53.1 Å². The van der Waals surface area contributed by atoms with Crippen molar-refractivity contribution in [2.45, 2.75) is 25.9 Å². The normalized spacial score (nSPS) is 15.0. The molecule has 186 valence electrons. The Morgan fingerprint density at radius 2 is 1.97 bits per heavy atom. The van der Waals surface area contributed by atoms with Gasteiger partial charge in [0.2, 0.25) is 0 Å². The maximum atomic E-state index is 12.2. The Bertz CT molecular complexity index is 1070. The molecule has 10 nitrogen and oxygen atoms in total. The molecule has 3 N–H and O–H groups in total. The highest BCUT2D eigenvalue weighted by atomic mass is 35.5. The van der Waals surface area contributed by atoms with Crippen molar-refractivity contribution >= 4 is 41.2 Å². The lowest BCUT2D eigenvalue weighted by Crippen LogP contribution is -2.41. The molecule has 0 bridgehead atoms. The fourth-order valence-corrected chi connectivity index (χ4v) is 3.38. The zero-order valence-electron chi connectivity index (χ0n) is 19.2. The number of hydrazone groups is 1. The number of hydrogen-bond donors (Lipinski definition) is 3. The maximum absolute atomic E-state index is 12.2. The highest BCUT2D eigenvalue weighted by Crippen LogP contribution is 2.28. The zero-order chi connectivity index (χ0) is 25.0. The first-order valence-corrected chi connectivity index (χ1v) is 11.5. The number of benzene rings is 2. The van der Waals surface area contributed by atoms with E-state index in [0.717, 1.165) is 12.8 Å². The third-order valence-corrected chi connectivity index (χ3v) is 5.20. The van der Waals surface area contributed by atoms with Gasteiger partial charge in [-0.15, -0.1) is 0 Å². The molecule has 1 saturated heterocycles. The first kappa shape index (κ1) is 26.0. The van der Waals surface area contributed by atoms with Gasteiger partial charge < -0.3 is 24.8 Å². The molecule has 2 aromatic carbocycles. The Morgan fingerprint density at radius 3 is 2.71 bits per heavy atom. The highest BCUT2D eigenvalue weighted by Gasteiger charge is 2.19. The summed E-state index contributed by atoms with van der Waals surface area (Å²) < 4.78 is 16.6. The summed E-state index contributed by atoms with van der Waals surface area (Å²) in [4.78, 5) is 36.0. The van der Waals surface area contributed by atoms with Crippen LogP contribution in [0.1, 0.15) is 25.3 Å². The summed E-state index contributed by atoms with van der Waals surface area (Å²) in [6.45, 7) is 2.87. The Morgan fingerprint density at radius 1 is 1.14 bits per heavy atom. The van der Waals surface area contributed by atoms with E-state index in [4.69, 9.17) is 25.8 Å². The number of anilines is 1. The van der Waals surface area contributed by atoms with Gasteiger partial charge in [-0.3, -0.25) is 14.4 Å². The summed E-state index contributed by atoms with van der Waals surface area (Å²) in [6.07, 6.45) is 3.10. The number of amides is 3. The van der Waals surface area contributed by atoms with Crippen LogP contribution in [0.15, 0.2) is 47.6 Å². The molecule has 0 radical (unpaired) electrons. The number of hydrogen-bond acceptors (Lipinski definition) is 7. The van der Waals surface area contributed by atoms with E-state index in [0.29, 0.717) is 41.0 Å². The number of halogens is 1. The summed E-state index contributed by atoms with van der Waals surface area (Å²) >= 11 is 6.05.